The summed E-state index contributed by atoms with van der Waals surface area (Å²) in [5, 5.41) is 4.03. The molecule has 0 spiro atoms. The first-order valence-corrected chi connectivity index (χ1v) is 8.57. The van der Waals surface area contributed by atoms with Crippen molar-refractivity contribution in [1.29, 1.82) is 0 Å². The highest BCUT2D eigenvalue weighted by atomic mass is 35.5. The molecule has 3 rings (SSSR count). The van der Waals surface area contributed by atoms with Crippen LogP contribution in [0.15, 0.2) is 12.1 Å². The monoisotopic (exact) mass is 367 g/mol. The molecule has 9 heteroatoms. The molecule has 0 radical (unpaired) electrons. The van der Waals surface area contributed by atoms with Crippen LogP contribution in [0.5, 0.6) is 0 Å². The Balaban J connectivity index is 2.15. The number of nitrogens with zero attached hydrogens (tertiary/aromatic N) is 2. The Bertz CT molecular complexity index is 776. The number of fused-ring (bicyclic) bond motifs is 1. The van der Waals surface area contributed by atoms with Gasteiger partial charge in [0.1, 0.15) is 11.5 Å². The minimum Gasteiger partial charge on any atom is -0.383 e. The lowest BCUT2D eigenvalue weighted by Crippen LogP contribution is -2.09. The van der Waals surface area contributed by atoms with Crippen LogP contribution in [0.1, 0.15) is 16.8 Å². The van der Waals surface area contributed by atoms with Gasteiger partial charge in [-0.05, 0) is 12.1 Å². The third-order valence-electron chi connectivity index (χ3n) is 3.35. The number of hydrogen-bond acceptors (Lipinski definition) is 2. The molecule has 0 bridgehead atoms. The second-order valence-electron chi connectivity index (χ2n) is 4.91. The standard InChI is InChI=1S/C13H10Cl2F3N3S/c1-22-4-7-10(5-22)20-21(12(7)19)11-8(14)2-6(3-9(11)15)13(16,17)18/h2-3H,1,4-5,19H2. The van der Waals surface area contributed by atoms with Gasteiger partial charge in [0.05, 0.1) is 21.3 Å². The molecule has 2 aromatic rings. The minimum absolute atomic E-state index is 0.0599. The van der Waals surface area contributed by atoms with E-state index in [2.05, 4.69) is 11.0 Å². The van der Waals surface area contributed by atoms with Crippen LogP contribution in [0.3, 0.4) is 0 Å². The van der Waals surface area contributed by atoms with Crippen LogP contribution in [-0.4, -0.2) is 15.7 Å². The van der Waals surface area contributed by atoms with E-state index in [1.165, 1.54) is 4.68 Å². The Morgan fingerprint density at radius 1 is 1.23 bits per heavy atom. The maximum absolute atomic E-state index is 12.8. The van der Waals surface area contributed by atoms with Crippen molar-refractivity contribution in [2.45, 2.75) is 17.7 Å². The molecule has 2 N–H and O–H groups in total. The van der Waals surface area contributed by atoms with Crippen molar-refractivity contribution < 1.29 is 13.2 Å². The van der Waals surface area contributed by atoms with Crippen molar-refractivity contribution in [3.63, 3.8) is 0 Å². The summed E-state index contributed by atoms with van der Waals surface area (Å²) in [4.78, 5) is 0. The lowest BCUT2D eigenvalue weighted by atomic mass is 10.2. The van der Waals surface area contributed by atoms with Gasteiger partial charge in [-0.15, -0.1) is 0 Å². The van der Waals surface area contributed by atoms with Gasteiger partial charge in [-0.3, -0.25) is 0 Å². The fourth-order valence-corrected chi connectivity index (χ4v) is 4.42. The van der Waals surface area contributed by atoms with Crippen molar-refractivity contribution in [2.24, 2.45) is 0 Å². The number of alkyl halides is 3. The summed E-state index contributed by atoms with van der Waals surface area (Å²) in [6.45, 7) is 0. The fourth-order valence-electron chi connectivity index (χ4n) is 2.33. The molecule has 1 aliphatic rings. The summed E-state index contributed by atoms with van der Waals surface area (Å²) in [6.07, 6.45) is -4.52. The summed E-state index contributed by atoms with van der Waals surface area (Å²) < 4.78 is 39.6. The van der Waals surface area contributed by atoms with Gasteiger partial charge in [-0.1, -0.05) is 29.1 Å². The van der Waals surface area contributed by atoms with Gasteiger partial charge in [-0.25, -0.2) is 4.68 Å². The predicted octanol–water partition coefficient (Wildman–Crippen LogP) is 4.49. The number of aromatic nitrogens is 2. The SMILES string of the molecule is C=S1Cc2nn(-c3c(Cl)cc(C(F)(F)F)cc3Cl)c(N)c2C1. The lowest BCUT2D eigenvalue weighted by Gasteiger charge is -2.13. The van der Waals surface area contributed by atoms with Crippen LogP contribution in [0.25, 0.3) is 5.69 Å². The quantitative estimate of drug-likeness (QED) is 0.754. The van der Waals surface area contributed by atoms with Crippen LogP contribution in [0.2, 0.25) is 10.0 Å². The molecule has 0 fully saturated rings. The van der Waals surface area contributed by atoms with Crippen molar-refractivity contribution in [3.05, 3.63) is 39.0 Å². The zero-order chi connectivity index (χ0) is 16.2. The molecule has 1 unspecified atom stereocenters. The Morgan fingerprint density at radius 3 is 2.32 bits per heavy atom. The van der Waals surface area contributed by atoms with Crippen LogP contribution in [0, 0.1) is 0 Å². The number of anilines is 1. The largest absolute Gasteiger partial charge is 0.416 e. The lowest BCUT2D eigenvalue weighted by molar-refractivity contribution is -0.137. The molecule has 0 amide bonds. The molecule has 1 atom stereocenters. The van der Waals surface area contributed by atoms with Gasteiger partial charge in [0.25, 0.3) is 0 Å². The molecule has 22 heavy (non-hydrogen) atoms. The second kappa shape index (κ2) is 5.18. The first-order chi connectivity index (χ1) is 10.2. The molecule has 3 nitrogen and oxygen atoms in total. The summed E-state index contributed by atoms with van der Waals surface area (Å²) in [5.74, 6) is 5.73. The van der Waals surface area contributed by atoms with Crippen molar-refractivity contribution >= 4 is 45.4 Å². The molecular weight excluding hydrogens is 358 g/mol. The fraction of sp³-hybridized carbons (Fsp3) is 0.231. The van der Waals surface area contributed by atoms with Crippen molar-refractivity contribution in [3.8, 4) is 5.69 Å². The predicted molar refractivity (Wildman–Crippen MR) is 85.1 cm³/mol. The van der Waals surface area contributed by atoms with Crippen LogP contribution < -0.4 is 5.73 Å². The highest BCUT2D eigenvalue weighted by molar-refractivity contribution is 8.12. The van der Waals surface area contributed by atoms with E-state index in [4.69, 9.17) is 28.9 Å². The van der Waals surface area contributed by atoms with E-state index in [0.717, 1.165) is 23.4 Å². The molecule has 0 saturated heterocycles. The number of nitrogen functional groups attached to an aromatic ring is 1. The first kappa shape index (κ1) is 15.7. The molecule has 118 valence electrons. The first-order valence-electron chi connectivity index (χ1n) is 6.08. The average molecular weight is 368 g/mol. The molecule has 0 saturated carbocycles. The molecule has 1 aromatic heterocycles. The third-order valence-corrected chi connectivity index (χ3v) is 5.31. The van der Waals surface area contributed by atoms with Crippen LogP contribution in [-0.2, 0) is 17.7 Å². The molecule has 1 aliphatic heterocycles. The van der Waals surface area contributed by atoms with E-state index in [1.54, 1.807) is 0 Å². The van der Waals surface area contributed by atoms with E-state index in [1.807, 2.05) is 0 Å². The number of benzene rings is 1. The van der Waals surface area contributed by atoms with Crippen LogP contribution >= 0.6 is 33.7 Å². The minimum atomic E-state index is -4.52. The molecular formula is C13H10Cl2F3N3S. The van der Waals surface area contributed by atoms with Gasteiger partial charge >= 0.3 is 6.18 Å². The number of nitrogens with two attached hydrogens (primary N) is 1. The zero-order valence-corrected chi connectivity index (χ0v) is 13.4. The summed E-state index contributed by atoms with van der Waals surface area (Å²) in [7, 11) is -0.0599. The Kier molecular flexibility index (Phi) is 3.70. The van der Waals surface area contributed by atoms with Crippen LogP contribution in [0.4, 0.5) is 19.0 Å². The third kappa shape index (κ3) is 2.51. The van der Waals surface area contributed by atoms with E-state index in [9.17, 15) is 13.2 Å². The summed E-state index contributed by atoms with van der Waals surface area (Å²) >= 11 is 12.0. The highest BCUT2D eigenvalue weighted by Gasteiger charge is 2.33. The molecule has 2 heterocycles. The number of rotatable bonds is 1. The van der Waals surface area contributed by atoms with Gasteiger partial charge in [0.15, 0.2) is 0 Å². The number of hydrogen-bond donors (Lipinski definition) is 1. The van der Waals surface area contributed by atoms with Gasteiger partial charge in [-0.2, -0.15) is 28.8 Å². The van der Waals surface area contributed by atoms with E-state index in [0.29, 0.717) is 17.3 Å². The van der Waals surface area contributed by atoms with Crippen molar-refractivity contribution in [2.75, 3.05) is 5.73 Å². The topological polar surface area (TPSA) is 43.8 Å². The number of halogens is 5. The van der Waals surface area contributed by atoms with Gasteiger partial charge in [0.2, 0.25) is 0 Å². The molecule has 1 aromatic carbocycles. The Morgan fingerprint density at radius 2 is 1.82 bits per heavy atom. The Hall–Kier alpha value is -1.18. The highest BCUT2D eigenvalue weighted by Crippen LogP contribution is 2.42. The maximum Gasteiger partial charge on any atom is 0.416 e. The maximum atomic E-state index is 12.8. The van der Waals surface area contributed by atoms with Crippen molar-refractivity contribution in [1.82, 2.24) is 9.78 Å². The normalized spacial score (nSPS) is 17.8. The average Bonchev–Trinajstić information content (AvgIpc) is 2.87. The summed E-state index contributed by atoms with van der Waals surface area (Å²) in [5.41, 5.74) is 6.95. The Labute approximate surface area is 136 Å². The van der Waals surface area contributed by atoms with Gasteiger partial charge < -0.3 is 5.73 Å². The smallest absolute Gasteiger partial charge is 0.383 e. The van der Waals surface area contributed by atoms with E-state index in [-0.39, 0.29) is 26.2 Å². The summed E-state index contributed by atoms with van der Waals surface area (Å²) in [6, 6.07) is 1.64. The van der Waals surface area contributed by atoms with Gasteiger partial charge in [0, 0.05) is 17.1 Å². The van der Waals surface area contributed by atoms with E-state index < -0.39 is 11.7 Å². The molecule has 0 aliphatic carbocycles. The second-order valence-corrected chi connectivity index (χ2v) is 7.53. The van der Waals surface area contributed by atoms with E-state index >= 15 is 0 Å². The zero-order valence-electron chi connectivity index (χ0n) is 11.0.